The third-order valence-corrected chi connectivity index (χ3v) is 4.40. The van der Waals surface area contributed by atoms with Crippen LogP contribution in [0, 0.1) is 28.4 Å². The van der Waals surface area contributed by atoms with Crippen molar-refractivity contribution in [2.75, 3.05) is 0 Å². The standard InChI is InChI=1S/C17H14F5N3O/c1-16(2)5-12-14(13(26)6-16)15(17(20,21)22)24-25(12)8-3-10(18)9(7-23)11(19)4-8/h3-4,13,26H,5-6H2,1-2H3. The van der Waals surface area contributed by atoms with Gasteiger partial charge in [0.05, 0.1) is 17.5 Å². The van der Waals surface area contributed by atoms with Crippen molar-refractivity contribution in [2.45, 2.75) is 39.0 Å². The number of hydrogen-bond acceptors (Lipinski definition) is 3. The van der Waals surface area contributed by atoms with Crippen LogP contribution in [-0.2, 0) is 12.6 Å². The second-order valence-electron chi connectivity index (χ2n) is 7.08. The van der Waals surface area contributed by atoms with E-state index in [1.54, 1.807) is 13.8 Å². The van der Waals surface area contributed by atoms with Gasteiger partial charge in [0.2, 0.25) is 0 Å². The van der Waals surface area contributed by atoms with Crippen LogP contribution in [-0.4, -0.2) is 14.9 Å². The monoisotopic (exact) mass is 371 g/mol. The van der Waals surface area contributed by atoms with Crippen molar-refractivity contribution in [2.24, 2.45) is 5.41 Å². The van der Waals surface area contributed by atoms with Crippen molar-refractivity contribution in [3.8, 4) is 11.8 Å². The molecule has 0 saturated carbocycles. The molecule has 4 nitrogen and oxygen atoms in total. The first-order valence-corrected chi connectivity index (χ1v) is 7.71. The van der Waals surface area contributed by atoms with E-state index >= 15 is 0 Å². The molecule has 1 aliphatic carbocycles. The van der Waals surface area contributed by atoms with E-state index in [-0.39, 0.29) is 29.8 Å². The van der Waals surface area contributed by atoms with Gasteiger partial charge in [0.25, 0.3) is 0 Å². The van der Waals surface area contributed by atoms with Gasteiger partial charge in [-0.15, -0.1) is 0 Å². The summed E-state index contributed by atoms with van der Waals surface area (Å²) >= 11 is 0. The van der Waals surface area contributed by atoms with Crippen LogP contribution in [0.3, 0.4) is 0 Å². The number of benzene rings is 1. The molecule has 3 rings (SSSR count). The van der Waals surface area contributed by atoms with Gasteiger partial charge in [-0.3, -0.25) is 0 Å². The average molecular weight is 371 g/mol. The second kappa shape index (κ2) is 5.77. The Kier molecular flexibility index (Phi) is 4.07. The Hall–Kier alpha value is -2.47. The summed E-state index contributed by atoms with van der Waals surface area (Å²) in [5, 5.41) is 22.5. The summed E-state index contributed by atoms with van der Waals surface area (Å²) in [6.45, 7) is 3.54. The molecular weight excluding hydrogens is 357 g/mol. The van der Waals surface area contributed by atoms with Gasteiger partial charge >= 0.3 is 6.18 Å². The highest BCUT2D eigenvalue weighted by atomic mass is 19.4. The first-order valence-electron chi connectivity index (χ1n) is 7.71. The van der Waals surface area contributed by atoms with E-state index in [2.05, 4.69) is 5.10 Å². The Morgan fingerprint density at radius 3 is 2.35 bits per heavy atom. The molecule has 1 aliphatic rings. The molecule has 26 heavy (non-hydrogen) atoms. The maximum absolute atomic E-state index is 13.9. The van der Waals surface area contributed by atoms with Crippen molar-refractivity contribution in [3.63, 3.8) is 0 Å². The molecule has 0 aliphatic heterocycles. The van der Waals surface area contributed by atoms with Gasteiger partial charge in [-0.05, 0) is 18.3 Å². The molecule has 0 spiro atoms. The Labute approximate surface area is 145 Å². The van der Waals surface area contributed by atoms with Crippen molar-refractivity contribution >= 4 is 0 Å². The van der Waals surface area contributed by atoms with Crippen LogP contribution in [0.5, 0.6) is 0 Å². The summed E-state index contributed by atoms with van der Waals surface area (Å²) < 4.78 is 68.8. The molecule has 0 bridgehead atoms. The zero-order valence-electron chi connectivity index (χ0n) is 13.8. The zero-order chi connectivity index (χ0) is 19.4. The first-order chi connectivity index (χ1) is 11.9. The summed E-state index contributed by atoms with van der Waals surface area (Å²) in [4.78, 5) is 0. The van der Waals surface area contributed by atoms with E-state index in [0.717, 1.165) is 16.8 Å². The molecule has 0 radical (unpaired) electrons. The zero-order valence-corrected chi connectivity index (χ0v) is 13.8. The normalized spacial score (nSPS) is 19.1. The summed E-state index contributed by atoms with van der Waals surface area (Å²) in [5.41, 5.74) is -3.24. The van der Waals surface area contributed by atoms with Crippen molar-refractivity contribution in [1.29, 1.82) is 5.26 Å². The highest BCUT2D eigenvalue weighted by Gasteiger charge is 2.45. The lowest BCUT2D eigenvalue weighted by Gasteiger charge is -2.33. The van der Waals surface area contributed by atoms with E-state index < -0.39 is 40.6 Å². The molecule has 138 valence electrons. The fourth-order valence-corrected chi connectivity index (χ4v) is 3.35. The van der Waals surface area contributed by atoms with E-state index in [0.29, 0.717) is 0 Å². The molecule has 2 aromatic rings. The van der Waals surface area contributed by atoms with Crippen LogP contribution in [0.4, 0.5) is 22.0 Å². The maximum Gasteiger partial charge on any atom is 0.435 e. The third-order valence-electron chi connectivity index (χ3n) is 4.40. The molecule has 1 aromatic heterocycles. The number of alkyl halides is 3. The summed E-state index contributed by atoms with van der Waals surface area (Å²) in [7, 11) is 0. The second-order valence-corrected chi connectivity index (χ2v) is 7.08. The number of aromatic nitrogens is 2. The quantitative estimate of drug-likeness (QED) is 0.770. The Bertz CT molecular complexity index is 901. The number of nitrogens with zero attached hydrogens (tertiary/aromatic N) is 3. The van der Waals surface area contributed by atoms with Gasteiger partial charge < -0.3 is 5.11 Å². The molecule has 1 N–H and O–H groups in total. The van der Waals surface area contributed by atoms with Crippen molar-refractivity contribution in [1.82, 2.24) is 9.78 Å². The summed E-state index contributed by atoms with van der Waals surface area (Å²) in [5.74, 6) is -2.40. The van der Waals surface area contributed by atoms with Crippen LogP contribution in [0.2, 0.25) is 0 Å². The van der Waals surface area contributed by atoms with Gasteiger partial charge in [-0.2, -0.15) is 23.5 Å². The number of halogens is 5. The van der Waals surface area contributed by atoms with E-state index in [1.165, 1.54) is 6.07 Å². The molecule has 1 aromatic carbocycles. The van der Waals surface area contributed by atoms with Gasteiger partial charge in [-0.25, -0.2) is 13.5 Å². The lowest BCUT2D eigenvalue weighted by molar-refractivity contribution is -0.143. The highest BCUT2D eigenvalue weighted by molar-refractivity contribution is 5.45. The number of hydrogen-bond donors (Lipinski definition) is 1. The number of aliphatic hydroxyl groups is 1. The fourth-order valence-electron chi connectivity index (χ4n) is 3.35. The Morgan fingerprint density at radius 1 is 1.27 bits per heavy atom. The molecule has 0 fully saturated rings. The van der Waals surface area contributed by atoms with Crippen LogP contribution in [0.1, 0.15) is 48.9 Å². The Balaban J connectivity index is 2.29. The third kappa shape index (κ3) is 2.94. The lowest BCUT2D eigenvalue weighted by Crippen LogP contribution is -2.27. The summed E-state index contributed by atoms with van der Waals surface area (Å²) in [6, 6.07) is 2.86. The fraction of sp³-hybridized carbons (Fsp3) is 0.412. The van der Waals surface area contributed by atoms with Gasteiger partial charge in [0, 0.05) is 17.7 Å². The minimum absolute atomic E-state index is 0.0459. The molecule has 1 heterocycles. The summed E-state index contributed by atoms with van der Waals surface area (Å²) in [6.07, 6.45) is -6.00. The Morgan fingerprint density at radius 2 is 1.85 bits per heavy atom. The minimum Gasteiger partial charge on any atom is -0.388 e. The van der Waals surface area contributed by atoms with E-state index in [9.17, 15) is 27.1 Å². The molecule has 1 unspecified atom stereocenters. The molecule has 1 atom stereocenters. The van der Waals surface area contributed by atoms with Gasteiger partial charge in [0.1, 0.15) is 23.3 Å². The maximum atomic E-state index is 13.9. The molecular formula is C17H14F5N3O. The molecule has 0 amide bonds. The van der Waals surface area contributed by atoms with E-state index in [1.807, 2.05) is 0 Å². The average Bonchev–Trinajstić information content (AvgIpc) is 2.85. The van der Waals surface area contributed by atoms with Gasteiger partial charge in [-0.1, -0.05) is 13.8 Å². The van der Waals surface area contributed by atoms with Gasteiger partial charge in [0.15, 0.2) is 5.69 Å². The smallest absolute Gasteiger partial charge is 0.388 e. The topological polar surface area (TPSA) is 61.8 Å². The molecule has 0 saturated heterocycles. The highest BCUT2D eigenvalue weighted by Crippen LogP contribution is 2.46. The number of rotatable bonds is 1. The largest absolute Gasteiger partial charge is 0.435 e. The van der Waals surface area contributed by atoms with Crippen LogP contribution >= 0.6 is 0 Å². The van der Waals surface area contributed by atoms with Crippen LogP contribution in [0.15, 0.2) is 12.1 Å². The van der Waals surface area contributed by atoms with E-state index in [4.69, 9.17) is 5.26 Å². The number of aliphatic hydroxyl groups excluding tert-OH is 1. The SMILES string of the molecule is CC1(C)Cc2c(c(C(F)(F)F)nn2-c2cc(F)c(C#N)c(F)c2)C(O)C1. The van der Waals surface area contributed by atoms with Crippen LogP contribution in [0.25, 0.3) is 5.69 Å². The number of fused-ring (bicyclic) bond motifs is 1. The molecule has 9 heteroatoms. The van der Waals surface area contributed by atoms with Crippen molar-refractivity contribution < 1.29 is 27.1 Å². The van der Waals surface area contributed by atoms with Crippen LogP contribution < -0.4 is 0 Å². The predicted octanol–water partition coefficient (Wildman–Crippen LogP) is 4.05. The van der Waals surface area contributed by atoms with Crippen molar-refractivity contribution in [3.05, 3.63) is 46.3 Å². The lowest BCUT2D eigenvalue weighted by atomic mass is 9.74. The number of nitriles is 1. The predicted molar refractivity (Wildman–Crippen MR) is 80.3 cm³/mol. The minimum atomic E-state index is -4.83. The first kappa shape index (κ1) is 18.3.